The molecule has 0 aliphatic heterocycles. The van der Waals surface area contributed by atoms with Crippen molar-refractivity contribution >= 4 is 5.97 Å². The van der Waals surface area contributed by atoms with E-state index in [1.54, 1.807) is 0 Å². The maximum atomic E-state index is 11.4. The lowest BCUT2D eigenvalue weighted by molar-refractivity contribution is -0.147. The summed E-state index contributed by atoms with van der Waals surface area (Å²) in [5, 5.41) is 0. The highest BCUT2D eigenvalue weighted by molar-refractivity contribution is 5.69. The van der Waals surface area contributed by atoms with Crippen LogP contribution >= 0.6 is 0 Å². The maximum Gasteiger partial charge on any atom is 0.306 e. The second kappa shape index (κ2) is 17.6. The smallest absolute Gasteiger partial charge is 0.306 e. The van der Waals surface area contributed by atoms with Crippen LogP contribution in [0.25, 0.3) is 0 Å². The summed E-state index contributed by atoms with van der Waals surface area (Å²) in [5.41, 5.74) is 0. The first kappa shape index (κ1) is 22.2. The van der Waals surface area contributed by atoms with E-state index in [1.165, 1.54) is 70.6 Å². The summed E-state index contributed by atoms with van der Waals surface area (Å²) in [7, 11) is 0. The fourth-order valence-electron chi connectivity index (χ4n) is 2.66. The van der Waals surface area contributed by atoms with Gasteiger partial charge in [0.25, 0.3) is 0 Å². The molecular weight excluding hydrogens is 284 g/mol. The second-order valence-electron chi connectivity index (χ2n) is 6.87. The molecule has 0 unspecified atom stereocenters. The molecule has 0 aliphatic rings. The van der Waals surface area contributed by atoms with Crippen LogP contribution < -0.4 is 0 Å². The van der Waals surface area contributed by atoms with E-state index in [1.807, 2.05) is 13.8 Å². The highest BCUT2D eigenvalue weighted by atomic mass is 16.5. The molecule has 136 valence electrons. The molecule has 0 radical (unpaired) electrons. The van der Waals surface area contributed by atoms with E-state index < -0.39 is 0 Å². The minimum absolute atomic E-state index is 0.0203. The van der Waals surface area contributed by atoms with Gasteiger partial charge in [-0.1, -0.05) is 70.4 Å². The van der Waals surface area contributed by atoms with Gasteiger partial charge in [0.1, 0.15) is 0 Å². The molecule has 0 aromatic carbocycles. The molecule has 2 heteroatoms. The summed E-state index contributed by atoms with van der Waals surface area (Å²) in [6.07, 6.45) is 22.0. The predicted molar refractivity (Wildman–Crippen MR) is 101 cm³/mol. The van der Waals surface area contributed by atoms with Gasteiger partial charge in [-0.05, 0) is 46.0 Å². The fraction of sp³-hybridized carbons (Fsp3) is 0.857. The van der Waals surface area contributed by atoms with Crippen LogP contribution in [0.3, 0.4) is 0 Å². The van der Waals surface area contributed by atoms with E-state index in [0.29, 0.717) is 6.42 Å². The van der Waals surface area contributed by atoms with Crippen molar-refractivity contribution in [1.82, 2.24) is 0 Å². The van der Waals surface area contributed by atoms with Crippen molar-refractivity contribution in [3.05, 3.63) is 12.2 Å². The molecule has 2 nitrogen and oxygen atoms in total. The van der Waals surface area contributed by atoms with Crippen LogP contribution in [-0.4, -0.2) is 12.1 Å². The predicted octanol–water partition coefficient (Wildman–Crippen LogP) is 6.98. The van der Waals surface area contributed by atoms with E-state index >= 15 is 0 Å². The first-order valence-electron chi connectivity index (χ1n) is 10.0. The zero-order valence-electron chi connectivity index (χ0n) is 15.9. The number of hydrogen-bond acceptors (Lipinski definition) is 2. The Balaban J connectivity index is 3.17. The summed E-state index contributed by atoms with van der Waals surface area (Å²) in [4.78, 5) is 11.4. The lowest BCUT2D eigenvalue weighted by atomic mass is 10.1. The minimum atomic E-state index is -0.0418. The molecule has 0 N–H and O–H groups in total. The number of hydrogen-bond donors (Lipinski definition) is 0. The van der Waals surface area contributed by atoms with E-state index in [0.717, 1.165) is 12.8 Å². The number of esters is 1. The van der Waals surface area contributed by atoms with Gasteiger partial charge in [0.05, 0.1) is 6.10 Å². The molecule has 23 heavy (non-hydrogen) atoms. The highest BCUT2D eigenvalue weighted by Crippen LogP contribution is 2.10. The van der Waals surface area contributed by atoms with Crippen molar-refractivity contribution in [3.8, 4) is 0 Å². The van der Waals surface area contributed by atoms with Gasteiger partial charge in [0.2, 0.25) is 0 Å². The SMILES string of the molecule is CCCCCCCC=CCCCCCCCCC(=O)OC(C)C. The lowest BCUT2D eigenvalue weighted by Gasteiger charge is -2.07. The van der Waals surface area contributed by atoms with Crippen LogP contribution in [-0.2, 0) is 9.53 Å². The van der Waals surface area contributed by atoms with Crippen molar-refractivity contribution in [2.45, 2.75) is 117 Å². The normalized spacial score (nSPS) is 11.5. The van der Waals surface area contributed by atoms with Gasteiger partial charge in [-0.3, -0.25) is 4.79 Å². The Hall–Kier alpha value is -0.790. The molecule has 0 aromatic heterocycles. The molecular formula is C21H40O2. The Kier molecular flexibility index (Phi) is 17.0. The Labute approximate surface area is 145 Å². The Morgan fingerprint density at radius 3 is 1.78 bits per heavy atom. The quantitative estimate of drug-likeness (QED) is 0.174. The molecule has 0 bridgehead atoms. The molecule has 0 saturated heterocycles. The number of carbonyl (C=O) groups excluding carboxylic acids is 1. The van der Waals surface area contributed by atoms with Crippen molar-refractivity contribution in [2.75, 3.05) is 0 Å². The van der Waals surface area contributed by atoms with Crippen LogP contribution in [0.4, 0.5) is 0 Å². The molecule has 0 saturated carbocycles. The number of ether oxygens (including phenoxy) is 1. The number of unbranched alkanes of at least 4 members (excludes halogenated alkanes) is 11. The molecule has 0 rings (SSSR count). The van der Waals surface area contributed by atoms with Gasteiger partial charge in [0.15, 0.2) is 0 Å². The number of allylic oxidation sites excluding steroid dienone is 2. The fourth-order valence-corrected chi connectivity index (χ4v) is 2.66. The Morgan fingerprint density at radius 2 is 1.26 bits per heavy atom. The van der Waals surface area contributed by atoms with Gasteiger partial charge in [-0.15, -0.1) is 0 Å². The monoisotopic (exact) mass is 324 g/mol. The van der Waals surface area contributed by atoms with Crippen LogP contribution in [0.15, 0.2) is 12.2 Å². The molecule has 0 amide bonds. The molecule has 0 atom stereocenters. The molecule has 0 aliphatic carbocycles. The van der Waals surface area contributed by atoms with E-state index in [4.69, 9.17) is 4.74 Å². The van der Waals surface area contributed by atoms with Crippen LogP contribution in [0.2, 0.25) is 0 Å². The van der Waals surface area contributed by atoms with E-state index in [-0.39, 0.29) is 12.1 Å². The summed E-state index contributed by atoms with van der Waals surface area (Å²) in [5.74, 6) is -0.0418. The summed E-state index contributed by atoms with van der Waals surface area (Å²) in [6, 6.07) is 0. The third-order valence-electron chi connectivity index (χ3n) is 4.01. The minimum Gasteiger partial charge on any atom is -0.463 e. The number of rotatable bonds is 16. The van der Waals surface area contributed by atoms with Crippen molar-refractivity contribution in [2.24, 2.45) is 0 Å². The zero-order valence-corrected chi connectivity index (χ0v) is 15.9. The van der Waals surface area contributed by atoms with Gasteiger partial charge in [0, 0.05) is 6.42 Å². The molecule has 0 fully saturated rings. The van der Waals surface area contributed by atoms with Crippen LogP contribution in [0, 0.1) is 0 Å². The third-order valence-corrected chi connectivity index (χ3v) is 4.01. The maximum absolute atomic E-state index is 11.4. The van der Waals surface area contributed by atoms with Gasteiger partial charge in [-0.2, -0.15) is 0 Å². The van der Waals surface area contributed by atoms with E-state index in [2.05, 4.69) is 19.1 Å². The van der Waals surface area contributed by atoms with Gasteiger partial charge in [-0.25, -0.2) is 0 Å². The highest BCUT2D eigenvalue weighted by Gasteiger charge is 2.04. The standard InChI is InChI=1S/C21H40O2/c1-4-5-6-7-8-9-10-11-12-13-14-15-16-17-18-19-21(22)23-20(2)3/h10-11,20H,4-9,12-19H2,1-3H3. The number of carbonyl (C=O) groups is 1. The first-order valence-corrected chi connectivity index (χ1v) is 10.0. The zero-order chi connectivity index (χ0) is 17.2. The third kappa shape index (κ3) is 19.2. The average molecular weight is 325 g/mol. The summed E-state index contributed by atoms with van der Waals surface area (Å²) in [6.45, 7) is 6.07. The van der Waals surface area contributed by atoms with Gasteiger partial charge >= 0.3 is 5.97 Å². The van der Waals surface area contributed by atoms with Crippen molar-refractivity contribution < 1.29 is 9.53 Å². The summed E-state index contributed by atoms with van der Waals surface area (Å²) < 4.78 is 5.12. The van der Waals surface area contributed by atoms with E-state index in [9.17, 15) is 4.79 Å². The van der Waals surface area contributed by atoms with Gasteiger partial charge < -0.3 is 4.74 Å². The topological polar surface area (TPSA) is 26.3 Å². The van der Waals surface area contributed by atoms with Crippen molar-refractivity contribution in [3.63, 3.8) is 0 Å². The lowest BCUT2D eigenvalue weighted by Crippen LogP contribution is -2.10. The largest absolute Gasteiger partial charge is 0.463 e. The summed E-state index contributed by atoms with van der Waals surface area (Å²) >= 11 is 0. The van der Waals surface area contributed by atoms with Crippen molar-refractivity contribution in [1.29, 1.82) is 0 Å². The Bertz CT molecular complexity index is 282. The second-order valence-corrected chi connectivity index (χ2v) is 6.87. The molecule has 0 aromatic rings. The Morgan fingerprint density at radius 1 is 0.783 bits per heavy atom. The average Bonchev–Trinajstić information content (AvgIpc) is 2.50. The van der Waals surface area contributed by atoms with Crippen LogP contribution in [0.1, 0.15) is 111 Å². The molecule has 0 spiro atoms. The van der Waals surface area contributed by atoms with Crippen LogP contribution in [0.5, 0.6) is 0 Å². The molecule has 0 heterocycles. The first-order chi connectivity index (χ1) is 11.2.